The fraction of sp³-hybridized carbons (Fsp3) is 0.188. The molecule has 2 rings (SSSR count). The zero-order chi connectivity index (χ0) is 16.1. The maximum Gasteiger partial charge on any atom is 0.257 e. The van der Waals surface area contributed by atoms with Gasteiger partial charge in [-0.3, -0.25) is 10.1 Å². The Morgan fingerprint density at radius 2 is 2.05 bits per heavy atom. The van der Waals surface area contributed by atoms with Crippen LogP contribution < -0.4 is 10.6 Å². The second-order valence-corrected chi connectivity index (χ2v) is 6.21. The minimum absolute atomic E-state index is 0.189. The van der Waals surface area contributed by atoms with Gasteiger partial charge in [-0.2, -0.15) is 5.26 Å². The number of rotatable bonds is 3. The van der Waals surface area contributed by atoms with Gasteiger partial charge < -0.3 is 5.32 Å². The summed E-state index contributed by atoms with van der Waals surface area (Å²) in [6, 6.07) is 11.0. The van der Waals surface area contributed by atoms with Gasteiger partial charge in [0.05, 0.1) is 5.56 Å². The third-order valence-electron chi connectivity index (χ3n) is 3.16. The topological polar surface area (TPSA) is 64.9 Å². The number of aryl methyl sites for hydroxylation is 1. The Morgan fingerprint density at radius 3 is 2.64 bits per heavy atom. The van der Waals surface area contributed by atoms with E-state index in [1.807, 2.05) is 19.9 Å². The fourth-order valence-corrected chi connectivity index (χ4v) is 3.47. The van der Waals surface area contributed by atoms with Crippen LogP contribution in [0.1, 0.15) is 33.3 Å². The second-order valence-electron chi connectivity index (χ2n) is 4.58. The number of hydrogen-bond acceptors (Lipinski definition) is 4. The number of nitriles is 1. The van der Waals surface area contributed by atoms with Gasteiger partial charge >= 0.3 is 0 Å². The molecule has 0 atom stereocenters. The summed E-state index contributed by atoms with van der Waals surface area (Å²) >= 11 is 6.63. The number of benzene rings is 1. The van der Waals surface area contributed by atoms with Crippen molar-refractivity contribution < 1.29 is 4.79 Å². The highest BCUT2D eigenvalue weighted by Crippen LogP contribution is 2.32. The van der Waals surface area contributed by atoms with Crippen LogP contribution in [0.5, 0.6) is 0 Å². The lowest BCUT2D eigenvalue weighted by Gasteiger charge is -2.08. The summed E-state index contributed by atoms with van der Waals surface area (Å²) in [5, 5.41) is 15.7. The van der Waals surface area contributed by atoms with Crippen LogP contribution in [0.15, 0.2) is 30.3 Å². The zero-order valence-corrected chi connectivity index (χ0v) is 13.9. The van der Waals surface area contributed by atoms with Gasteiger partial charge in [-0.1, -0.05) is 25.1 Å². The van der Waals surface area contributed by atoms with Gasteiger partial charge in [0, 0.05) is 10.4 Å². The number of carbonyl (C=O) groups excluding carboxylic acids is 1. The van der Waals surface area contributed by atoms with Gasteiger partial charge in [0.2, 0.25) is 0 Å². The fourth-order valence-electron chi connectivity index (χ4n) is 2.11. The summed E-state index contributed by atoms with van der Waals surface area (Å²) in [4.78, 5) is 13.1. The lowest BCUT2D eigenvalue weighted by Crippen LogP contribution is -2.34. The molecule has 112 valence electrons. The minimum atomic E-state index is -0.277. The number of anilines is 1. The quantitative estimate of drug-likeness (QED) is 0.844. The molecule has 2 N–H and O–H groups in total. The first-order valence-electron chi connectivity index (χ1n) is 6.76. The number of carbonyl (C=O) groups is 1. The Bertz CT molecular complexity index is 745. The third kappa shape index (κ3) is 3.50. The molecule has 0 saturated heterocycles. The molecule has 0 aliphatic heterocycles. The number of thiocarbonyl (C=S) groups is 1. The Hall–Kier alpha value is -2.23. The van der Waals surface area contributed by atoms with Crippen molar-refractivity contribution in [2.24, 2.45) is 0 Å². The highest BCUT2D eigenvalue weighted by atomic mass is 32.1. The van der Waals surface area contributed by atoms with Gasteiger partial charge in [-0.15, -0.1) is 11.3 Å². The van der Waals surface area contributed by atoms with Crippen LogP contribution in [0.3, 0.4) is 0 Å². The van der Waals surface area contributed by atoms with Crippen LogP contribution in [0.4, 0.5) is 5.00 Å². The molecule has 0 radical (unpaired) electrons. The van der Waals surface area contributed by atoms with Crippen LogP contribution >= 0.6 is 23.6 Å². The molecule has 0 bridgehead atoms. The molecule has 4 nitrogen and oxygen atoms in total. The second kappa shape index (κ2) is 7.16. The van der Waals surface area contributed by atoms with Crippen molar-refractivity contribution in [3.8, 4) is 6.07 Å². The molecule has 0 aliphatic carbocycles. The number of nitrogens with one attached hydrogen (secondary N) is 2. The highest BCUT2D eigenvalue weighted by molar-refractivity contribution is 7.80. The zero-order valence-electron chi connectivity index (χ0n) is 12.3. The maximum absolute atomic E-state index is 12.0. The van der Waals surface area contributed by atoms with Gasteiger partial charge in [0.15, 0.2) is 5.11 Å². The standard InChI is InChI=1S/C16H15N3OS2/c1-3-12-10(2)22-15(13(12)9-17)19-16(21)18-14(20)11-7-5-4-6-8-11/h4-8H,3H2,1-2H3,(H2,18,19,20,21). The van der Waals surface area contributed by atoms with E-state index < -0.39 is 0 Å². The minimum Gasteiger partial charge on any atom is -0.323 e. The van der Waals surface area contributed by atoms with Gasteiger partial charge in [0.25, 0.3) is 5.91 Å². The van der Waals surface area contributed by atoms with E-state index in [1.165, 1.54) is 11.3 Å². The monoisotopic (exact) mass is 329 g/mol. The van der Waals surface area contributed by atoms with E-state index in [2.05, 4.69) is 16.7 Å². The molecule has 1 amide bonds. The van der Waals surface area contributed by atoms with E-state index in [9.17, 15) is 10.1 Å². The summed E-state index contributed by atoms with van der Waals surface area (Å²) < 4.78 is 0. The molecule has 6 heteroatoms. The maximum atomic E-state index is 12.0. The summed E-state index contributed by atoms with van der Waals surface area (Å²) in [5.41, 5.74) is 2.15. The number of thiophene rings is 1. The van der Waals surface area contributed by atoms with Crippen molar-refractivity contribution in [3.05, 3.63) is 51.9 Å². The molecular formula is C16H15N3OS2. The Morgan fingerprint density at radius 1 is 1.36 bits per heavy atom. The van der Waals surface area contributed by atoms with Crippen LogP contribution in [-0.4, -0.2) is 11.0 Å². The Balaban J connectivity index is 2.10. The van der Waals surface area contributed by atoms with Crippen molar-refractivity contribution in [1.82, 2.24) is 5.32 Å². The van der Waals surface area contributed by atoms with E-state index in [0.717, 1.165) is 16.9 Å². The molecule has 0 spiro atoms. The molecule has 1 aromatic heterocycles. The predicted octanol–water partition coefficient (Wildman–Crippen LogP) is 3.62. The van der Waals surface area contributed by atoms with E-state index in [0.29, 0.717) is 16.1 Å². The van der Waals surface area contributed by atoms with Gasteiger partial charge in [-0.05, 0) is 43.3 Å². The lowest BCUT2D eigenvalue weighted by molar-refractivity contribution is 0.0977. The molecule has 22 heavy (non-hydrogen) atoms. The number of nitrogens with zero attached hydrogens (tertiary/aromatic N) is 1. The Kier molecular flexibility index (Phi) is 5.26. The van der Waals surface area contributed by atoms with E-state index in [4.69, 9.17) is 12.2 Å². The molecular weight excluding hydrogens is 314 g/mol. The summed E-state index contributed by atoms with van der Waals surface area (Å²) in [6.45, 7) is 3.98. The third-order valence-corrected chi connectivity index (χ3v) is 4.43. The summed E-state index contributed by atoms with van der Waals surface area (Å²) in [5.74, 6) is -0.277. The molecule has 1 heterocycles. The molecule has 1 aromatic carbocycles. The van der Waals surface area contributed by atoms with Crippen LogP contribution in [0, 0.1) is 18.3 Å². The van der Waals surface area contributed by atoms with Crippen molar-refractivity contribution in [2.75, 3.05) is 5.32 Å². The highest BCUT2D eigenvalue weighted by Gasteiger charge is 2.16. The van der Waals surface area contributed by atoms with E-state index >= 15 is 0 Å². The average molecular weight is 329 g/mol. The average Bonchev–Trinajstić information content (AvgIpc) is 2.82. The largest absolute Gasteiger partial charge is 0.323 e. The van der Waals surface area contributed by atoms with Crippen molar-refractivity contribution in [3.63, 3.8) is 0 Å². The van der Waals surface area contributed by atoms with Gasteiger partial charge in [-0.25, -0.2) is 0 Å². The molecule has 0 aliphatic rings. The molecule has 0 unspecified atom stereocenters. The normalized spacial score (nSPS) is 9.86. The number of hydrogen-bond donors (Lipinski definition) is 2. The van der Waals surface area contributed by atoms with Crippen molar-refractivity contribution in [2.45, 2.75) is 20.3 Å². The first-order chi connectivity index (χ1) is 10.6. The number of amides is 1. The van der Waals surface area contributed by atoms with Crippen LogP contribution in [0.2, 0.25) is 0 Å². The lowest BCUT2D eigenvalue weighted by atomic mass is 10.1. The van der Waals surface area contributed by atoms with Crippen molar-refractivity contribution >= 4 is 39.6 Å². The summed E-state index contributed by atoms with van der Waals surface area (Å²) in [7, 11) is 0. The Labute approximate surface area is 138 Å². The smallest absolute Gasteiger partial charge is 0.257 e. The summed E-state index contributed by atoms with van der Waals surface area (Å²) in [6.07, 6.45) is 0.788. The van der Waals surface area contributed by atoms with Gasteiger partial charge in [0.1, 0.15) is 11.1 Å². The van der Waals surface area contributed by atoms with Crippen LogP contribution in [0.25, 0.3) is 0 Å². The molecule has 2 aromatic rings. The first-order valence-corrected chi connectivity index (χ1v) is 7.99. The molecule has 0 saturated carbocycles. The van der Waals surface area contributed by atoms with E-state index in [1.54, 1.807) is 24.3 Å². The van der Waals surface area contributed by atoms with Crippen molar-refractivity contribution in [1.29, 1.82) is 5.26 Å². The van der Waals surface area contributed by atoms with E-state index in [-0.39, 0.29) is 11.0 Å². The van der Waals surface area contributed by atoms with Crippen LogP contribution in [-0.2, 0) is 6.42 Å². The predicted molar refractivity (Wildman–Crippen MR) is 93.3 cm³/mol. The SMILES string of the molecule is CCc1c(C)sc(NC(=S)NC(=O)c2ccccc2)c1C#N. The molecule has 0 fully saturated rings. The first kappa shape index (κ1) is 16.1.